The normalized spacial score (nSPS) is 23.1. The number of hydrogen-bond donors (Lipinski definition) is 1. The van der Waals surface area contributed by atoms with Gasteiger partial charge in [0.2, 0.25) is 5.91 Å². The van der Waals surface area contributed by atoms with E-state index >= 15 is 0 Å². The molecule has 1 aliphatic rings. The molecule has 0 radical (unpaired) electrons. The molecular weight excluding hydrogens is 236 g/mol. The highest BCUT2D eigenvalue weighted by atomic mass is 16.2. The van der Waals surface area contributed by atoms with Crippen LogP contribution in [0.2, 0.25) is 0 Å². The summed E-state index contributed by atoms with van der Waals surface area (Å²) in [6.45, 7) is 5.75. The number of rotatable bonds is 4. The van der Waals surface area contributed by atoms with Gasteiger partial charge in [0.1, 0.15) is 0 Å². The van der Waals surface area contributed by atoms with Crippen LogP contribution in [0.15, 0.2) is 30.3 Å². The van der Waals surface area contributed by atoms with E-state index in [2.05, 4.69) is 26.0 Å². The minimum absolute atomic E-state index is 0.0606. The zero-order valence-corrected chi connectivity index (χ0v) is 11.9. The lowest BCUT2D eigenvalue weighted by molar-refractivity contribution is -0.130. The molecule has 0 saturated carbocycles. The van der Waals surface area contributed by atoms with Crippen molar-refractivity contribution in [1.29, 1.82) is 0 Å². The Bertz CT molecular complexity index is 416. The Kier molecular flexibility index (Phi) is 4.59. The van der Waals surface area contributed by atoms with Crippen LogP contribution < -0.4 is 5.73 Å². The van der Waals surface area contributed by atoms with Crippen molar-refractivity contribution >= 4 is 5.91 Å². The molecule has 3 nitrogen and oxygen atoms in total. The summed E-state index contributed by atoms with van der Waals surface area (Å²) in [5, 5.41) is 0. The molecule has 104 valence electrons. The molecule has 3 heteroatoms. The van der Waals surface area contributed by atoms with Crippen LogP contribution in [0, 0.1) is 5.92 Å². The van der Waals surface area contributed by atoms with E-state index in [4.69, 9.17) is 5.73 Å². The van der Waals surface area contributed by atoms with Crippen LogP contribution in [0.3, 0.4) is 0 Å². The molecule has 1 aliphatic heterocycles. The third-order valence-electron chi connectivity index (χ3n) is 3.88. The lowest BCUT2D eigenvalue weighted by Crippen LogP contribution is -2.32. The minimum Gasteiger partial charge on any atom is -0.340 e. The van der Waals surface area contributed by atoms with E-state index in [1.165, 1.54) is 5.56 Å². The van der Waals surface area contributed by atoms with E-state index in [1.807, 2.05) is 23.1 Å². The van der Waals surface area contributed by atoms with E-state index in [-0.39, 0.29) is 17.9 Å². The number of benzene rings is 1. The molecule has 1 aromatic carbocycles. The maximum absolute atomic E-state index is 12.1. The van der Waals surface area contributed by atoms with Gasteiger partial charge in [0.05, 0.1) is 0 Å². The SMILES string of the molecule is CC(C)CCC(=O)N1C[C@@H](N)[C@H](c2ccccc2)C1. The molecule has 1 heterocycles. The average molecular weight is 260 g/mol. The maximum atomic E-state index is 12.1. The molecule has 19 heavy (non-hydrogen) atoms. The Morgan fingerprint density at radius 2 is 2.00 bits per heavy atom. The summed E-state index contributed by atoms with van der Waals surface area (Å²) in [5.41, 5.74) is 7.45. The number of nitrogens with zero attached hydrogens (tertiary/aromatic N) is 1. The minimum atomic E-state index is 0.0606. The lowest BCUT2D eigenvalue weighted by atomic mass is 9.95. The van der Waals surface area contributed by atoms with Gasteiger partial charge in [-0.2, -0.15) is 0 Å². The van der Waals surface area contributed by atoms with Crippen molar-refractivity contribution in [3.63, 3.8) is 0 Å². The van der Waals surface area contributed by atoms with Gasteiger partial charge in [-0.15, -0.1) is 0 Å². The molecule has 1 saturated heterocycles. The van der Waals surface area contributed by atoms with Crippen LogP contribution in [-0.4, -0.2) is 29.9 Å². The van der Waals surface area contributed by atoms with E-state index in [0.717, 1.165) is 13.0 Å². The number of carbonyl (C=O) groups excluding carboxylic acids is 1. The van der Waals surface area contributed by atoms with Gasteiger partial charge in [0.25, 0.3) is 0 Å². The summed E-state index contributed by atoms with van der Waals surface area (Å²) in [7, 11) is 0. The van der Waals surface area contributed by atoms with Crippen LogP contribution >= 0.6 is 0 Å². The van der Waals surface area contributed by atoms with Gasteiger partial charge < -0.3 is 10.6 Å². The Labute approximate surface area is 115 Å². The van der Waals surface area contributed by atoms with Gasteiger partial charge in [-0.05, 0) is 17.9 Å². The molecule has 0 aliphatic carbocycles. The molecule has 1 fully saturated rings. The van der Waals surface area contributed by atoms with Gasteiger partial charge in [0, 0.05) is 31.5 Å². The molecule has 0 aromatic heterocycles. The molecule has 0 spiro atoms. The smallest absolute Gasteiger partial charge is 0.222 e. The predicted molar refractivity (Wildman–Crippen MR) is 77.8 cm³/mol. The van der Waals surface area contributed by atoms with Crippen molar-refractivity contribution in [3.05, 3.63) is 35.9 Å². The van der Waals surface area contributed by atoms with Crippen LogP contribution in [0.1, 0.15) is 38.2 Å². The predicted octanol–water partition coefficient (Wildman–Crippen LogP) is 2.38. The fourth-order valence-electron chi connectivity index (χ4n) is 2.66. The zero-order valence-electron chi connectivity index (χ0n) is 11.9. The standard InChI is InChI=1S/C16H24N2O/c1-12(2)8-9-16(19)18-10-14(15(17)11-18)13-6-4-3-5-7-13/h3-7,12,14-15H,8-11,17H2,1-2H3/t14-,15+/m0/s1. The highest BCUT2D eigenvalue weighted by molar-refractivity contribution is 5.76. The fraction of sp³-hybridized carbons (Fsp3) is 0.562. The molecule has 2 N–H and O–H groups in total. The highest BCUT2D eigenvalue weighted by Gasteiger charge is 2.33. The first kappa shape index (κ1) is 14.1. The van der Waals surface area contributed by atoms with Crippen molar-refractivity contribution in [3.8, 4) is 0 Å². The number of nitrogens with two attached hydrogens (primary N) is 1. The molecule has 2 atom stereocenters. The van der Waals surface area contributed by atoms with Crippen molar-refractivity contribution in [2.45, 2.75) is 38.6 Å². The van der Waals surface area contributed by atoms with Gasteiger partial charge in [0.15, 0.2) is 0 Å². The lowest BCUT2D eigenvalue weighted by Gasteiger charge is -2.17. The van der Waals surface area contributed by atoms with Crippen LogP contribution in [0.4, 0.5) is 0 Å². The Hall–Kier alpha value is -1.35. The molecular formula is C16H24N2O. The van der Waals surface area contributed by atoms with Gasteiger partial charge in [-0.25, -0.2) is 0 Å². The molecule has 1 aromatic rings. The molecule has 0 bridgehead atoms. The Balaban J connectivity index is 1.96. The van der Waals surface area contributed by atoms with Gasteiger partial charge in [-0.3, -0.25) is 4.79 Å². The number of hydrogen-bond acceptors (Lipinski definition) is 2. The van der Waals surface area contributed by atoms with Crippen molar-refractivity contribution in [2.24, 2.45) is 11.7 Å². The topological polar surface area (TPSA) is 46.3 Å². The second-order valence-corrected chi connectivity index (χ2v) is 5.91. The van der Waals surface area contributed by atoms with E-state index in [1.54, 1.807) is 0 Å². The summed E-state index contributed by atoms with van der Waals surface area (Å²) in [6.07, 6.45) is 1.60. The molecule has 1 amide bonds. The fourth-order valence-corrected chi connectivity index (χ4v) is 2.66. The molecule has 0 unspecified atom stereocenters. The van der Waals surface area contributed by atoms with E-state index < -0.39 is 0 Å². The Morgan fingerprint density at radius 1 is 1.32 bits per heavy atom. The third kappa shape index (κ3) is 3.57. The first-order valence-corrected chi connectivity index (χ1v) is 7.16. The highest BCUT2D eigenvalue weighted by Crippen LogP contribution is 2.27. The summed E-state index contributed by atoms with van der Waals surface area (Å²) >= 11 is 0. The second kappa shape index (κ2) is 6.20. The van der Waals surface area contributed by atoms with Gasteiger partial charge >= 0.3 is 0 Å². The summed E-state index contributed by atoms with van der Waals surface area (Å²) in [6, 6.07) is 10.3. The van der Waals surface area contributed by atoms with Crippen LogP contribution in [-0.2, 0) is 4.79 Å². The second-order valence-electron chi connectivity index (χ2n) is 5.91. The van der Waals surface area contributed by atoms with Gasteiger partial charge in [-0.1, -0.05) is 44.2 Å². The zero-order chi connectivity index (χ0) is 13.8. The van der Waals surface area contributed by atoms with Crippen molar-refractivity contribution in [1.82, 2.24) is 4.90 Å². The third-order valence-corrected chi connectivity index (χ3v) is 3.88. The summed E-state index contributed by atoms with van der Waals surface area (Å²) in [4.78, 5) is 14.1. The summed E-state index contributed by atoms with van der Waals surface area (Å²) < 4.78 is 0. The summed E-state index contributed by atoms with van der Waals surface area (Å²) in [5.74, 6) is 1.11. The number of likely N-dealkylation sites (tertiary alicyclic amines) is 1. The first-order valence-electron chi connectivity index (χ1n) is 7.16. The van der Waals surface area contributed by atoms with Crippen LogP contribution in [0.25, 0.3) is 0 Å². The average Bonchev–Trinajstić information content (AvgIpc) is 2.79. The van der Waals surface area contributed by atoms with E-state index in [0.29, 0.717) is 18.9 Å². The largest absolute Gasteiger partial charge is 0.340 e. The van der Waals surface area contributed by atoms with E-state index in [9.17, 15) is 4.79 Å². The molecule has 2 rings (SSSR count). The van der Waals surface area contributed by atoms with Crippen LogP contribution in [0.5, 0.6) is 0 Å². The first-order chi connectivity index (χ1) is 9.08. The Morgan fingerprint density at radius 3 is 2.63 bits per heavy atom. The number of carbonyl (C=O) groups is 1. The quantitative estimate of drug-likeness (QED) is 0.903. The van der Waals surface area contributed by atoms with Crippen molar-refractivity contribution in [2.75, 3.05) is 13.1 Å². The maximum Gasteiger partial charge on any atom is 0.222 e. The number of amides is 1. The van der Waals surface area contributed by atoms with Crippen molar-refractivity contribution < 1.29 is 4.79 Å². The monoisotopic (exact) mass is 260 g/mol.